The molecule has 10 heteroatoms. The first kappa shape index (κ1) is 18.3. The highest BCUT2D eigenvalue weighted by atomic mass is 35.5. The molecule has 0 bridgehead atoms. The smallest absolute Gasteiger partial charge is 0.238 e. The standard InChI is InChI=1S/C19H17ClN6O2S/c20-16-5-2-10-25-17(16)15(11-22-25)19-23-18(12-3-1-4-12)24-26(19)13-6-8-14(9-7-13)29(21,27)28/h2,5-12H,1,3-4H2,(H2,21,27,28). The minimum Gasteiger partial charge on any atom is -0.239 e. The number of aromatic nitrogens is 5. The summed E-state index contributed by atoms with van der Waals surface area (Å²) in [4.78, 5) is 4.85. The summed E-state index contributed by atoms with van der Waals surface area (Å²) in [5.74, 6) is 1.71. The van der Waals surface area contributed by atoms with Crippen LogP contribution in [0.5, 0.6) is 0 Å². The Morgan fingerprint density at radius 2 is 1.90 bits per heavy atom. The number of pyridine rings is 1. The molecule has 0 aliphatic heterocycles. The van der Waals surface area contributed by atoms with Gasteiger partial charge in [0.25, 0.3) is 0 Å². The summed E-state index contributed by atoms with van der Waals surface area (Å²) >= 11 is 6.43. The van der Waals surface area contributed by atoms with Gasteiger partial charge in [-0.3, -0.25) is 0 Å². The summed E-state index contributed by atoms with van der Waals surface area (Å²) in [7, 11) is -3.77. The molecule has 5 rings (SSSR count). The van der Waals surface area contributed by atoms with Crippen molar-refractivity contribution in [2.45, 2.75) is 30.1 Å². The summed E-state index contributed by atoms with van der Waals surface area (Å²) in [6, 6.07) is 9.87. The second-order valence-electron chi connectivity index (χ2n) is 7.08. The predicted molar refractivity (Wildman–Crippen MR) is 109 cm³/mol. The molecule has 0 radical (unpaired) electrons. The number of benzene rings is 1. The van der Waals surface area contributed by atoms with Crippen molar-refractivity contribution in [1.82, 2.24) is 24.4 Å². The van der Waals surface area contributed by atoms with E-state index in [1.54, 1.807) is 33.6 Å². The van der Waals surface area contributed by atoms with E-state index < -0.39 is 10.0 Å². The molecule has 1 fully saturated rings. The predicted octanol–water partition coefficient (Wildman–Crippen LogP) is 3.15. The van der Waals surface area contributed by atoms with Crippen LogP contribution in [0.4, 0.5) is 0 Å². The van der Waals surface area contributed by atoms with Crippen LogP contribution in [0.1, 0.15) is 31.0 Å². The summed E-state index contributed by atoms with van der Waals surface area (Å²) in [6.45, 7) is 0. The third kappa shape index (κ3) is 3.11. The number of halogens is 1. The molecule has 0 saturated heterocycles. The van der Waals surface area contributed by atoms with Crippen molar-refractivity contribution >= 4 is 27.1 Å². The number of nitrogens with zero attached hydrogens (tertiary/aromatic N) is 5. The van der Waals surface area contributed by atoms with E-state index in [0.29, 0.717) is 22.5 Å². The molecule has 2 N–H and O–H groups in total. The van der Waals surface area contributed by atoms with Crippen LogP contribution >= 0.6 is 11.6 Å². The maximum atomic E-state index is 11.6. The van der Waals surface area contributed by atoms with Crippen LogP contribution in [-0.2, 0) is 10.0 Å². The molecule has 1 aliphatic rings. The largest absolute Gasteiger partial charge is 0.239 e. The number of hydrogen-bond donors (Lipinski definition) is 1. The lowest BCUT2D eigenvalue weighted by Crippen LogP contribution is -2.12. The van der Waals surface area contributed by atoms with Gasteiger partial charge in [-0.1, -0.05) is 18.0 Å². The van der Waals surface area contributed by atoms with Crippen molar-refractivity contribution in [3.8, 4) is 17.1 Å². The zero-order chi connectivity index (χ0) is 20.2. The minimum absolute atomic E-state index is 0.0427. The Morgan fingerprint density at radius 1 is 1.14 bits per heavy atom. The number of primary sulfonamides is 1. The van der Waals surface area contributed by atoms with Gasteiger partial charge in [-0.25, -0.2) is 27.7 Å². The zero-order valence-electron chi connectivity index (χ0n) is 15.2. The number of nitrogens with two attached hydrogens (primary N) is 1. The van der Waals surface area contributed by atoms with Crippen LogP contribution in [0.15, 0.2) is 53.7 Å². The zero-order valence-corrected chi connectivity index (χ0v) is 16.8. The monoisotopic (exact) mass is 428 g/mol. The Morgan fingerprint density at radius 3 is 2.55 bits per heavy atom. The van der Waals surface area contributed by atoms with Gasteiger partial charge in [0.1, 0.15) is 0 Å². The van der Waals surface area contributed by atoms with E-state index >= 15 is 0 Å². The molecule has 8 nitrogen and oxygen atoms in total. The molecule has 4 aromatic rings. The average Bonchev–Trinajstić information content (AvgIpc) is 3.25. The van der Waals surface area contributed by atoms with Crippen molar-refractivity contribution in [3.63, 3.8) is 0 Å². The van der Waals surface area contributed by atoms with Crippen LogP contribution < -0.4 is 5.14 Å². The van der Waals surface area contributed by atoms with Gasteiger partial charge in [-0.05, 0) is 49.2 Å². The molecule has 3 aromatic heterocycles. The molecule has 1 aliphatic carbocycles. The molecule has 3 heterocycles. The summed E-state index contributed by atoms with van der Waals surface area (Å²) in [5, 5.41) is 14.9. The minimum atomic E-state index is -3.77. The summed E-state index contributed by atoms with van der Waals surface area (Å²) < 4.78 is 26.6. The normalized spacial score (nSPS) is 15.0. The maximum absolute atomic E-state index is 11.6. The lowest BCUT2D eigenvalue weighted by Gasteiger charge is -2.21. The number of rotatable bonds is 4. The first-order valence-electron chi connectivity index (χ1n) is 9.14. The molecule has 29 heavy (non-hydrogen) atoms. The molecule has 1 aromatic carbocycles. The van der Waals surface area contributed by atoms with E-state index in [-0.39, 0.29) is 4.90 Å². The number of fused-ring (bicyclic) bond motifs is 1. The molecule has 0 spiro atoms. The second kappa shape index (κ2) is 6.65. The fourth-order valence-electron chi connectivity index (χ4n) is 3.46. The van der Waals surface area contributed by atoms with Crippen molar-refractivity contribution in [1.29, 1.82) is 0 Å². The fraction of sp³-hybridized carbons (Fsp3) is 0.211. The van der Waals surface area contributed by atoms with Gasteiger partial charge < -0.3 is 0 Å². The van der Waals surface area contributed by atoms with Crippen molar-refractivity contribution < 1.29 is 8.42 Å². The Hall–Kier alpha value is -2.75. The van der Waals surface area contributed by atoms with E-state index in [1.165, 1.54) is 18.6 Å². The van der Waals surface area contributed by atoms with Gasteiger partial charge in [-0.15, -0.1) is 0 Å². The third-order valence-electron chi connectivity index (χ3n) is 5.24. The Kier molecular flexibility index (Phi) is 4.19. The lowest BCUT2D eigenvalue weighted by atomic mass is 9.85. The van der Waals surface area contributed by atoms with Gasteiger partial charge in [0, 0.05) is 12.1 Å². The Balaban J connectivity index is 1.70. The maximum Gasteiger partial charge on any atom is 0.238 e. The average molecular weight is 429 g/mol. The van der Waals surface area contributed by atoms with Crippen molar-refractivity contribution in [3.05, 3.63) is 59.6 Å². The fourth-order valence-corrected chi connectivity index (χ4v) is 4.24. The number of hydrogen-bond acceptors (Lipinski definition) is 5. The Bertz CT molecular complexity index is 1320. The molecule has 148 valence electrons. The number of sulfonamides is 1. The highest BCUT2D eigenvalue weighted by Gasteiger charge is 2.27. The molecule has 0 atom stereocenters. The second-order valence-corrected chi connectivity index (χ2v) is 9.05. The van der Waals surface area contributed by atoms with Gasteiger partial charge in [0.05, 0.1) is 32.9 Å². The SMILES string of the molecule is NS(=O)(=O)c1ccc(-n2nc(C3CCC3)nc2-c2cnn3cccc(Cl)c23)cc1. The van der Waals surface area contributed by atoms with E-state index in [9.17, 15) is 8.42 Å². The van der Waals surface area contributed by atoms with Gasteiger partial charge in [-0.2, -0.15) is 10.2 Å². The molecule has 0 unspecified atom stereocenters. The molecule has 0 amide bonds. The quantitative estimate of drug-likeness (QED) is 0.537. The summed E-state index contributed by atoms with van der Waals surface area (Å²) in [5.41, 5.74) is 2.17. The summed E-state index contributed by atoms with van der Waals surface area (Å²) in [6.07, 6.45) is 6.82. The highest BCUT2D eigenvalue weighted by molar-refractivity contribution is 7.89. The van der Waals surface area contributed by atoms with E-state index in [4.69, 9.17) is 26.8 Å². The van der Waals surface area contributed by atoms with E-state index in [2.05, 4.69) is 5.10 Å². The van der Waals surface area contributed by atoms with Crippen molar-refractivity contribution in [2.75, 3.05) is 0 Å². The first-order valence-corrected chi connectivity index (χ1v) is 11.1. The van der Waals surface area contributed by atoms with Gasteiger partial charge >= 0.3 is 0 Å². The molecular formula is C19H17ClN6O2S. The van der Waals surface area contributed by atoms with Crippen LogP contribution in [0, 0.1) is 0 Å². The third-order valence-corrected chi connectivity index (χ3v) is 6.47. The van der Waals surface area contributed by atoms with E-state index in [0.717, 1.165) is 29.7 Å². The van der Waals surface area contributed by atoms with Crippen LogP contribution in [-0.4, -0.2) is 32.8 Å². The van der Waals surface area contributed by atoms with Crippen LogP contribution in [0.3, 0.4) is 0 Å². The lowest BCUT2D eigenvalue weighted by molar-refractivity contribution is 0.401. The Labute approximate surface area is 172 Å². The molecule has 1 saturated carbocycles. The molecular weight excluding hydrogens is 412 g/mol. The van der Waals surface area contributed by atoms with Gasteiger partial charge in [0.15, 0.2) is 11.6 Å². The van der Waals surface area contributed by atoms with Gasteiger partial charge in [0.2, 0.25) is 10.0 Å². The van der Waals surface area contributed by atoms with Crippen LogP contribution in [0.2, 0.25) is 5.02 Å². The van der Waals surface area contributed by atoms with E-state index in [1.807, 2.05) is 12.3 Å². The highest BCUT2D eigenvalue weighted by Crippen LogP contribution is 2.37. The first-order chi connectivity index (χ1) is 13.9. The van der Waals surface area contributed by atoms with Crippen LogP contribution in [0.25, 0.3) is 22.6 Å². The van der Waals surface area contributed by atoms with Crippen molar-refractivity contribution in [2.24, 2.45) is 5.14 Å². The topological polar surface area (TPSA) is 108 Å².